The van der Waals surface area contributed by atoms with Crippen LogP contribution in [0.2, 0.25) is 0 Å². The fourth-order valence-electron chi connectivity index (χ4n) is 2.26. The summed E-state index contributed by atoms with van der Waals surface area (Å²) >= 11 is 1.57. The number of benzene rings is 1. The van der Waals surface area contributed by atoms with Crippen LogP contribution in [-0.2, 0) is 0 Å². The molecular weight excluding hydrogens is 278 g/mol. The Hall–Kier alpha value is -1.85. The van der Waals surface area contributed by atoms with Crippen LogP contribution in [0.5, 0.6) is 0 Å². The second-order valence-electron chi connectivity index (χ2n) is 4.44. The molecular formula is C15H12F2N2S. The smallest absolute Gasteiger partial charge is 0.163 e. The summed E-state index contributed by atoms with van der Waals surface area (Å²) < 4.78 is 28.4. The van der Waals surface area contributed by atoms with Gasteiger partial charge in [0.1, 0.15) is 0 Å². The van der Waals surface area contributed by atoms with Crippen LogP contribution >= 0.6 is 11.3 Å². The van der Waals surface area contributed by atoms with Crippen molar-refractivity contribution in [1.82, 2.24) is 10.3 Å². The Morgan fingerprint density at radius 2 is 2.10 bits per heavy atom. The molecule has 0 fully saturated rings. The predicted octanol–water partition coefficient (Wildman–Crippen LogP) is 3.88. The lowest BCUT2D eigenvalue weighted by Crippen LogP contribution is -2.19. The molecule has 20 heavy (non-hydrogen) atoms. The molecule has 102 valence electrons. The molecule has 1 N–H and O–H groups in total. The molecule has 0 aliphatic rings. The molecule has 2 aromatic heterocycles. The Morgan fingerprint density at radius 3 is 2.90 bits per heavy atom. The van der Waals surface area contributed by atoms with Crippen molar-refractivity contribution in [1.29, 1.82) is 0 Å². The molecule has 1 unspecified atom stereocenters. The van der Waals surface area contributed by atoms with Crippen LogP contribution in [0, 0.1) is 11.6 Å². The standard InChI is InChI=1S/C15H12F2N2S/c1-18-15(10-3-2-4-11(16)14(10)17)9-7-13-12(19-8-9)5-6-20-13/h2-8,15,18H,1H3. The summed E-state index contributed by atoms with van der Waals surface area (Å²) in [6, 6.07) is 7.67. The average Bonchev–Trinajstić information content (AvgIpc) is 2.92. The van der Waals surface area contributed by atoms with Gasteiger partial charge >= 0.3 is 0 Å². The van der Waals surface area contributed by atoms with Crippen molar-refractivity contribution in [2.75, 3.05) is 7.05 Å². The van der Waals surface area contributed by atoms with Crippen LogP contribution in [0.1, 0.15) is 17.2 Å². The Bertz CT molecular complexity index is 754. The lowest BCUT2D eigenvalue weighted by molar-refractivity contribution is 0.487. The molecule has 0 amide bonds. The van der Waals surface area contributed by atoms with Gasteiger partial charge in [0.2, 0.25) is 0 Å². The van der Waals surface area contributed by atoms with Gasteiger partial charge in [0.15, 0.2) is 11.6 Å². The molecule has 0 saturated heterocycles. The van der Waals surface area contributed by atoms with Crippen molar-refractivity contribution in [3.05, 3.63) is 64.7 Å². The molecule has 5 heteroatoms. The maximum atomic E-state index is 13.9. The molecule has 3 aromatic rings. The topological polar surface area (TPSA) is 24.9 Å². The molecule has 1 aromatic carbocycles. The number of nitrogens with zero attached hydrogens (tertiary/aromatic N) is 1. The van der Waals surface area contributed by atoms with E-state index in [4.69, 9.17) is 0 Å². The van der Waals surface area contributed by atoms with Gasteiger partial charge in [0, 0.05) is 11.8 Å². The summed E-state index contributed by atoms with van der Waals surface area (Å²) in [5, 5.41) is 4.97. The quantitative estimate of drug-likeness (QED) is 0.791. The SMILES string of the molecule is CNC(c1cnc2ccsc2c1)c1cccc(F)c1F. The third-order valence-electron chi connectivity index (χ3n) is 3.24. The summed E-state index contributed by atoms with van der Waals surface area (Å²) in [5.74, 6) is -1.66. The third-order valence-corrected chi connectivity index (χ3v) is 4.09. The van der Waals surface area contributed by atoms with Crippen LogP contribution in [0.3, 0.4) is 0 Å². The number of thiophene rings is 1. The van der Waals surface area contributed by atoms with Crippen LogP contribution in [0.4, 0.5) is 8.78 Å². The highest BCUT2D eigenvalue weighted by Gasteiger charge is 2.19. The molecule has 1 atom stereocenters. The van der Waals surface area contributed by atoms with Gasteiger partial charge in [-0.25, -0.2) is 8.78 Å². The molecule has 2 heterocycles. The second-order valence-corrected chi connectivity index (χ2v) is 5.39. The number of hydrogen-bond donors (Lipinski definition) is 1. The van der Waals surface area contributed by atoms with Crippen molar-refractivity contribution in [3.63, 3.8) is 0 Å². The minimum Gasteiger partial charge on any atom is -0.309 e. The highest BCUT2D eigenvalue weighted by molar-refractivity contribution is 7.17. The van der Waals surface area contributed by atoms with Crippen molar-refractivity contribution >= 4 is 21.6 Å². The van der Waals surface area contributed by atoms with Crippen molar-refractivity contribution in [2.45, 2.75) is 6.04 Å². The molecule has 0 saturated carbocycles. The van der Waals surface area contributed by atoms with E-state index in [0.29, 0.717) is 0 Å². The van der Waals surface area contributed by atoms with Gasteiger partial charge in [-0.1, -0.05) is 12.1 Å². The zero-order valence-electron chi connectivity index (χ0n) is 10.7. The highest BCUT2D eigenvalue weighted by atomic mass is 32.1. The molecule has 2 nitrogen and oxygen atoms in total. The summed E-state index contributed by atoms with van der Waals surface area (Å²) in [6.07, 6.45) is 1.70. The summed E-state index contributed by atoms with van der Waals surface area (Å²) in [7, 11) is 1.72. The largest absolute Gasteiger partial charge is 0.309 e. The first-order valence-corrected chi connectivity index (χ1v) is 7.03. The zero-order valence-corrected chi connectivity index (χ0v) is 11.5. The van der Waals surface area contributed by atoms with Crippen LogP contribution in [0.15, 0.2) is 41.9 Å². The van der Waals surface area contributed by atoms with E-state index < -0.39 is 17.7 Å². The van der Waals surface area contributed by atoms with Gasteiger partial charge in [-0.05, 0) is 36.2 Å². The van der Waals surface area contributed by atoms with E-state index in [9.17, 15) is 8.78 Å². The fraction of sp³-hybridized carbons (Fsp3) is 0.133. The predicted molar refractivity (Wildman–Crippen MR) is 76.9 cm³/mol. The van der Waals surface area contributed by atoms with E-state index in [-0.39, 0.29) is 5.56 Å². The Kier molecular flexibility index (Phi) is 3.46. The molecule has 0 aliphatic carbocycles. The van der Waals surface area contributed by atoms with E-state index >= 15 is 0 Å². The lowest BCUT2D eigenvalue weighted by atomic mass is 9.99. The molecule has 0 spiro atoms. The average molecular weight is 290 g/mol. The van der Waals surface area contributed by atoms with Crippen LogP contribution < -0.4 is 5.32 Å². The van der Waals surface area contributed by atoms with Gasteiger partial charge < -0.3 is 5.32 Å². The van der Waals surface area contributed by atoms with Crippen molar-refractivity contribution in [3.8, 4) is 0 Å². The van der Waals surface area contributed by atoms with E-state index in [1.165, 1.54) is 6.07 Å². The number of rotatable bonds is 3. The van der Waals surface area contributed by atoms with E-state index in [0.717, 1.165) is 21.8 Å². The lowest BCUT2D eigenvalue weighted by Gasteiger charge is -2.17. The number of fused-ring (bicyclic) bond motifs is 1. The maximum Gasteiger partial charge on any atom is 0.163 e. The van der Waals surface area contributed by atoms with Gasteiger partial charge in [0.25, 0.3) is 0 Å². The normalized spacial score (nSPS) is 12.8. The maximum absolute atomic E-state index is 13.9. The second kappa shape index (κ2) is 5.26. The summed E-state index contributed by atoms with van der Waals surface area (Å²) in [5.41, 5.74) is 2.01. The minimum atomic E-state index is -0.840. The van der Waals surface area contributed by atoms with Gasteiger partial charge in [-0.3, -0.25) is 4.98 Å². The molecule has 0 bridgehead atoms. The molecule has 0 aliphatic heterocycles. The number of aromatic nitrogens is 1. The van der Waals surface area contributed by atoms with Crippen LogP contribution in [-0.4, -0.2) is 12.0 Å². The van der Waals surface area contributed by atoms with Crippen molar-refractivity contribution in [2.24, 2.45) is 0 Å². The number of nitrogens with one attached hydrogen (secondary N) is 1. The monoisotopic (exact) mass is 290 g/mol. The summed E-state index contributed by atoms with van der Waals surface area (Å²) in [4.78, 5) is 4.34. The first-order valence-electron chi connectivity index (χ1n) is 6.15. The minimum absolute atomic E-state index is 0.283. The Balaban J connectivity index is 2.10. The first-order chi connectivity index (χ1) is 9.70. The Morgan fingerprint density at radius 1 is 1.25 bits per heavy atom. The van der Waals surface area contributed by atoms with Crippen LogP contribution in [0.25, 0.3) is 10.2 Å². The molecule has 3 rings (SSSR count). The number of hydrogen-bond acceptors (Lipinski definition) is 3. The third kappa shape index (κ3) is 2.19. The van der Waals surface area contributed by atoms with E-state index in [2.05, 4.69) is 10.3 Å². The van der Waals surface area contributed by atoms with E-state index in [1.807, 2.05) is 17.5 Å². The van der Waals surface area contributed by atoms with Crippen molar-refractivity contribution < 1.29 is 8.78 Å². The number of pyridine rings is 1. The molecule has 0 radical (unpaired) electrons. The number of halogens is 2. The summed E-state index contributed by atoms with van der Waals surface area (Å²) in [6.45, 7) is 0. The highest BCUT2D eigenvalue weighted by Crippen LogP contribution is 2.28. The van der Waals surface area contributed by atoms with E-state index in [1.54, 1.807) is 30.6 Å². The van der Waals surface area contributed by atoms with Gasteiger partial charge in [0.05, 0.1) is 16.3 Å². The van der Waals surface area contributed by atoms with Gasteiger partial charge in [-0.2, -0.15) is 0 Å². The van der Waals surface area contributed by atoms with Gasteiger partial charge in [-0.15, -0.1) is 11.3 Å². The Labute approximate surface area is 119 Å². The fourth-order valence-corrected chi connectivity index (χ4v) is 3.05. The first kappa shape index (κ1) is 13.1. The zero-order chi connectivity index (χ0) is 14.1.